The second kappa shape index (κ2) is 7.31. The van der Waals surface area contributed by atoms with Gasteiger partial charge in [0.25, 0.3) is 0 Å². The molecule has 5 heteroatoms. The van der Waals surface area contributed by atoms with E-state index >= 15 is 0 Å². The van der Waals surface area contributed by atoms with Gasteiger partial charge >= 0.3 is 0 Å². The van der Waals surface area contributed by atoms with Crippen LogP contribution in [0.2, 0.25) is 0 Å². The van der Waals surface area contributed by atoms with Crippen molar-refractivity contribution in [2.45, 2.75) is 38.3 Å². The van der Waals surface area contributed by atoms with Crippen LogP contribution in [0, 0.1) is 0 Å². The van der Waals surface area contributed by atoms with Gasteiger partial charge in [0.2, 0.25) is 0 Å². The molecule has 5 nitrogen and oxygen atoms in total. The van der Waals surface area contributed by atoms with E-state index in [2.05, 4.69) is 55.4 Å². The van der Waals surface area contributed by atoms with Crippen LogP contribution in [0.1, 0.15) is 31.2 Å². The van der Waals surface area contributed by atoms with E-state index in [1.165, 1.54) is 42.9 Å². The van der Waals surface area contributed by atoms with Crippen LogP contribution in [-0.2, 0) is 6.54 Å². The highest BCUT2D eigenvalue weighted by Crippen LogP contribution is 2.29. The van der Waals surface area contributed by atoms with Crippen molar-refractivity contribution in [3.05, 3.63) is 59.7 Å². The zero-order chi connectivity index (χ0) is 18.1. The van der Waals surface area contributed by atoms with Gasteiger partial charge in [-0.2, -0.15) is 0 Å². The van der Waals surface area contributed by atoms with Crippen LogP contribution in [0.5, 0.6) is 0 Å². The van der Waals surface area contributed by atoms with Gasteiger partial charge in [-0.1, -0.05) is 18.2 Å². The van der Waals surface area contributed by atoms with Crippen molar-refractivity contribution < 1.29 is 0 Å². The number of nitrogens with one attached hydrogen (secondary N) is 1. The lowest BCUT2D eigenvalue weighted by molar-refractivity contribution is 0.152. The van der Waals surface area contributed by atoms with E-state index in [1.54, 1.807) is 12.4 Å². The predicted octanol–water partition coefficient (Wildman–Crippen LogP) is 3.06. The van der Waals surface area contributed by atoms with Crippen molar-refractivity contribution in [3.8, 4) is 0 Å². The Morgan fingerprint density at radius 2 is 1.70 bits per heavy atom. The van der Waals surface area contributed by atoms with Gasteiger partial charge in [-0.3, -0.25) is 14.9 Å². The number of aromatic nitrogens is 2. The first-order chi connectivity index (χ1) is 13.4. The molecular weight excluding hydrogens is 334 g/mol. The molecule has 1 aliphatic heterocycles. The third kappa shape index (κ3) is 3.69. The standard InChI is InChI=1S/C22H27N5/c1-2-4-22(27-13-11-26(12-14-27)18-6-7-18)20(3-1)25-16-17-5-8-19-21(15-17)24-10-9-23-19/h3-5,8-10,15,18,25H,1-2,6-7,11-14,16H2. The van der Waals surface area contributed by atoms with E-state index in [9.17, 15) is 0 Å². The van der Waals surface area contributed by atoms with Crippen LogP contribution in [0.15, 0.2) is 54.1 Å². The first kappa shape index (κ1) is 16.8. The molecule has 1 aromatic carbocycles. The van der Waals surface area contributed by atoms with Gasteiger partial charge in [-0.05, 0) is 43.4 Å². The number of piperazine rings is 1. The number of rotatable bonds is 5. The Labute approximate surface area is 160 Å². The average Bonchev–Trinajstić information content (AvgIpc) is 3.58. The molecule has 0 radical (unpaired) electrons. The highest BCUT2D eigenvalue weighted by Gasteiger charge is 2.32. The van der Waals surface area contributed by atoms with E-state index < -0.39 is 0 Å². The zero-order valence-corrected chi connectivity index (χ0v) is 15.8. The van der Waals surface area contributed by atoms with E-state index in [0.717, 1.165) is 49.6 Å². The topological polar surface area (TPSA) is 44.3 Å². The van der Waals surface area contributed by atoms with E-state index in [1.807, 2.05) is 0 Å². The van der Waals surface area contributed by atoms with Crippen LogP contribution in [-0.4, -0.2) is 52.0 Å². The van der Waals surface area contributed by atoms with E-state index in [4.69, 9.17) is 0 Å². The maximum atomic E-state index is 4.42. The summed E-state index contributed by atoms with van der Waals surface area (Å²) in [6.45, 7) is 5.52. The molecule has 1 N–H and O–H groups in total. The van der Waals surface area contributed by atoms with Crippen LogP contribution < -0.4 is 5.32 Å². The lowest BCUT2D eigenvalue weighted by atomic mass is 10.1. The molecule has 27 heavy (non-hydrogen) atoms. The fraction of sp³-hybridized carbons (Fsp3) is 0.455. The molecule has 2 heterocycles. The first-order valence-corrected chi connectivity index (χ1v) is 10.2. The van der Waals surface area contributed by atoms with Crippen molar-refractivity contribution in [2.75, 3.05) is 26.2 Å². The SMILES string of the molecule is C1=C(NCc2ccc3nccnc3c2)C(N2CCN(C3CC3)CC2)=CCC1. The van der Waals surface area contributed by atoms with Crippen molar-refractivity contribution >= 4 is 11.0 Å². The minimum absolute atomic E-state index is 0.817. The van der Waals surface area contributed by atoms with Crippen LogP contribution >= 0.6 is 0 Å². The Kier molecular flexibility index (Phi) is 4.54. The summed E-state index contributed by atoms with van der Waals surface area (Å²) in [5.74, 6) is 0. The van der Waals surface area contributed by atoms with Crippen LogP contribution in [0.25, 0.3) is 11.0 Å². The maximum absolute atomic E-state index is 4.42. The van der Waals surface area contributed by atoms with Crippen molar-refractivity contribution in [2.24, 2.45) is 0 Å². The fourth-order valence-corrected chi connectivity index (χ4v) is 4.21. The minimum Gasteiger partial charge on any atom is -0.380 e. The molecule has 0 unspecified atom stereocenters. The molecule has 0 bridgehead atoms. The number of fused-ring (bicyclic) bond motifs is 1. The molecule has 0 amide bonds. The van der Waals surface area contributed by atoms with Crippen LogP contribution in [0.3, 0.4) is 0 Å². The third-order valence-corrected chi connectivity index (χ3v) is 5.86. The second-order valence-corrected chi connectivity index (χ2v) is 7.77. The predicted molar refractivity (Wildman–Crippen MR) is 108 cm³/mol. The first-order valence-electron chi connectivity index (χ1n) is 10.2. The number of hydrogen-bond acceptors (Lipinski definition) is 5. The van der Waals surface area contributed by atoms with Gasteiger partial charge in [-0.25, -0.2) is 0 Å². The van der Waals surface area contributed by atoms with Crippen molar-refractivity contribution in [3.63, 3.8) is 0 Å². The highest BCUT2D eigenvalue weighted by molar-refractivity contribution is 5.74. The molecule has 0 spiro atoms. The van der Waals surface area contributed by atoms with Gasteiger partial charge in [0.1, 0.15) is 0 Å². The summed E-state index contributed by atoms with van der Waals surface area (Å²) in [5, 5.41) is 3.69. The van der Waals surface area contributed by atoms with Crippen molar-refractivity contribution in [1.82, 2.24) is 25.1 Å². The average molecular weight is 361 g/mol. The molecule has 1 aromatic heterocycles. The molecule has 1 saturated carbocycles. The summed E-state index contributed by atoms with van der Waals surface area (Å²) in [5.41, 5.74) is 5.85. The highest BCUT2D eigenvalue weighted by atomic mass is 15.3. The number of nitrogens with zero attached hydrogens (tertiary/aromatic N) is 4. The molecule has 140 valence electrons. The number of hydrogen-bond donors (Lipinski definition) is 1. The number of allylic oxidation sites excluding steroid dienone is 2. The van der Waals surface area contributed by atoms with Gasteiger partial charge in [-0.15, -0.1) is 0 Å². The normalized spacial score (nSPS) is 21.1. The summed E-state index contributed by atoms with van der Waals surface area (Å²) in [6, 6.07) is 7.22. The smallest absolute Gasteiger partial charge is 0.0890 e. The lowest BCUT2D eigenvalue weighted by Crippen LogP contribution is -2.47. The van der Waals surface area contributed by atoms with Gasteiger partial charge in [0, 0.05) is 51.2 Å². The summed E-state index contributed by atoms with van der Waals surface area (Å²) in [6.07, 6.45) is 13.4. The fourth-order valence-electron chi connectivity index (χ4n) is 4.21. The van der Waals surface area contributed by atoms with Crippen molar-refractivity contribution in [1.29, 1.82) is 0 Å². The maximum Gasteiger partial charge on any atom is 0.0890 e. The summed E-state index contributed by atoms with van der Waals surface area (Å²) < 4.78 is 0. The Balaban J connectivity index is 1.24. The quantitative estimate of drug-likeness (QED) is 0.887. The van der Waals surface area contributed by atoms with Gasteiger partial charge in [0.05, 0.1) is 22.4 Å². The Hall–Kier alpha value is -2.40. The monoisotopic (exact) mass is 361 g/mol. The number of benzene rings is 1. The summed E-state index contributed by atoms with van der Waals surface area (Å²) >= 11 is 0. The molecule has 2 aliphatic carbocycles. The summed E-state index contributed by atoms with van der Waals surface area (Å²) in [4.78, 5) is 14.0. The lowest BCUT2D eigenvalue weighted by Gasteiger charge is -2.39. The molecule has 2 aromatic rings. The molecule has 2 fully saturated rings. The largest absolute Gasteiger partial charge is 0.380 e. The van der Waals surface area contributed by atoms with E-state index in [-0.39, 0.29) is 0 Å². The molecule has 5 rings (SSSR count). The molecule has 3 aliphatic rings. The van der Waals surface area contributed by atoms with Gasteiger partial charge < -0.3 is 10.2 Å². The Bertz CT molecular complexity index is 875. The Morgan fingerprint density at radius 1 is 0.926 bits per heavy atom. The summed E-state index contributed by atoms with van der Waals surface area (Å²) in [7, 11) is 0. The molecule has 1 saturated heterocycles. The zero-order valence-electron chi connectivity index (χ0n) is 15.8. The Morgan fingerprint density at radius 3 is 2.52 bits per heavy atom. The minimum atomic E-state index is 0.817. The van der Waals surface area contributed by atoms with E-state index in [0.29, 0.717) is 0 Å². The third-order valence-electron chi connectivity index (χ3n) is 5.86. The van der Waals surface area contributed by atoms with Gasteiger partial charge in [0.15, 0.2) is 0 Å². The molecular formula is C22H27N5. The second-order valence-electron chi connectivity index (χ2n) is 7.77. The van der Waals surface area contributed by atoms with Crippen LogP contribution in [0.4, 0.5) is 0 Å². The molecule has 0 atom stereocenters.